The SMILES string of the molecule is CCC1NCCC1C(=O)N(C)[C@H](C(=O)NC1Cc2cc(O)cc(c2)-c2ccc3c(c2)c(c(-c2cccnc2[C@H](C)OC)n3CC)CC(C)(C)COC(=O)[C@@H]2CCCN(N2)C1=O)C(C)C. The molecule has 2 fully saturated rings. The molecule has 3 unspecified atom stereocenters. The fraction of sp³-hybridized carbons (Fsp3) is 0.540. The second-order valence-corrected chi connectivity index (χ2v) is 19.0. The zero-order valence-electron chi connectivity index (χ0n) is 39.0. The largest absolute Gasteiger partial charge is 0.508 e. The number of nitrogens with zero attached hydrogens (tertiary/aromatic N) is 4. The van der Waals surface area contributed by atoms with E-state index in [0.29, 0.717) is 44.3 Å². The number of carbonyl (C=O) groups excluding carboxylic acids is 4. The van der Waals surface area contributed by atoms with Gasteiger partial charge in [0.15, 0.2) is 0 Å². The number of aromatic nitrogens is 2. The van der Waals surface area contributed by atoms with E-state index in [9.17, 15) is 24.3 Å². The van der Waals surface area contributed by atoms with Crippen LogP contribution in [0.4, 0.5) is 0 Å². The quantitative estimate of drug-likeness (QED) is 0.132. The third kappa shape index (κ3) is 9.55. The summed E-state index contributed by atoms with van der Waals surface area (Å²) in [5.41, 5.74) is 9.74. The number of amides is 3. The predicted molar refractivity (Wildman–Crippen MR) is 247 cm³/mol. The van der Waals surface area contributed by atoms with Crippen LogP contribution in [-0.4, -0.2) is 106 Å². The van der Waals surface area contributed by atoms with E-state index in [0.717, 1.165) is 57.5 Å². The average molecular weight is 878 g/mol. The lowest BCUT2D eigenvalue weighted by Crippen LogP contribution is -2.62. The number of ether oxygens (including phenoxy) is 2. The highest BCUT2D eigenvalue weighted by molar-refractivity contribution is 5.96. The molecule has 4 aromatic rings. The van der Waals surface area contributed by atoms with Crippen molar-refractivity contribution in [2.75, 3.05) is 33.9 Å². The van der Waals surface area contributed by atoms with Gasteiger partial charge in [-0.15, -0.1) is 0 Å². The number of esters is 1. The van der Waals surface area contributed by atoms with E-state index in [4.69, 9.17) is 14.5 Å². The lowest BCUT2D eigenvalue weighted by atomic mass is 9.84. The van der Waals surface area contributed by atoms with Gasteiger partial charge in [-0.2, -0.15) is 0 Å². The smallest absolute Gasteiger partial charge is 0.324 e. The number of likely N-dealkylation sites (N-methyl/N-ethyl adjacent to an activating group) is 1. The molecule has 0 spiro atoms. The highest BCUT2D eigenvalue weighted by atomic mass is 16.5. The number of aromatic hydroxyl groups is 1. The van der Waals surface area contributed by atoms with Gasteiger partial charge < -0.3 is 34.7 Å². The maximum atomic E-state index is 14.7. The molecule has 14 heteroatoms. The van der Waals surface area contributed by atoms with Crippen LogP contribution in [0.1, 0.15) is 97.1 Å². The lowest BCUT2D eigenvalue weighted by Gasteiger charge is -2.37. The molecule has 6 atom stereocenters. The summed E-state index contributed by atoms with van der Waals surface area (Å²) in [6, 6.07) is 12.9. The minimum atomic E-state index is -1.11. The van der Waals surface area contributed by atoms with E-state index in [1.807, 2.05) is 45.9 Å². The van der Waals surface area contributed by atoms with Gasteiger partial charge >= 0.3 is 5.97 Å². The van der Waals surface area contributed by atoms with E-state index in [-0.39, 0.29) is 48.7 Å². The van der Waals surface area contributed by atoms with E-state index in [1.54, 1.807) is 37.4 Å². The van der Waals surface area contributed by atoms with Gasteiger partial charge in [0.25, 0.3) is 5.91 Å². The Balaban J connectivity index is 1.33. The Hall–Kier alpha value is -5.31. The minimum absolute atomic E-state index is 0.0150. The van der Waals surface area contributed by atoms with Crippen molar-refractivity contribution in [3.05, 3.63) is 71.5 Å². The Morgan fingerprint density at radius 1 is 1.08 bits per heavy atom. The van der Waals surface area contributed by atoms with Gasteiger partial charge in [-0.3, -0.25) is 29.2 Å². The Morgan fingerprint density at radius 3 is 2.58 bits per heavy atom. The third-order valence-electron chi connectivity index (χ3n) is 13.4. The van der Waals surface area contributed by atoms with Crippen LogP contribution in [0.3, 0.4) is 0 Å². The molecular weight excluding hydrogens is 811 g/mol. The van der Waals surface area contributed by atoms with Crippen molar-refractivity contribution in [1.29, 1.82) is 0 Å². The van der Waals surface area contributed by atoms with Gasteiger partial charge in [0.05, 0.1) is 30.0 Å². The number of hydrogen-bond acceptors (Lipinski definition) is 10. The van der Waals surface area contributed by atoms with Gasteiger partial charge in [0.1, 0.15) is 23.9 Å². The van der Waals surface area contributed by atoms with Gasteiger partial charge in [-0.1, -0.05) is 46.8 Å². The van der Waals surface area contributed by atoms with Crippen molar-refractivity contribution in [1.82, 2.24) is 35.5 Å². The molecule has 64 heavy (non-hydrogen) atoms. The molecule has 0 saturated carbocycles. The summed E-state index contributed by atoms with van der Waals surface area (Å²) < 4.78 is 14.2. The number of hydrazine groups is 1. The first kappa shape index (κ1) is 46.7. The summed E-state index contributed by atoms with van der Waals surface area (Å²) in [6.07, 6.45) is 4.59. The number of phenols is 1. The van der Waals surface area contributed by atoms with E-state index in [1.165, 1.54) is 5.01 Å². The van der Waals surface area contributed by atoms with Gasteiger partial charge in [0, 0.05) is 67.8 Å². The zero-order chi connectivity index (χ0) is 46.0. The predicted octanol–water partition coefficient (Wildman–Crippen LogP) is 6.32. The normalized spacial score (nSPS) is 22.5. The first-order valence-corrected chi connectivity index (χ1v) is 23.1. The Labute approximate surface area is 377 Å². The van der Waals surface area contributed by atoms with Crippen LogP contribution in [0.2, 0.25) is 0 Å². The standard InChI is InChI=1S/C50H67N7O7/c1-10-39-35(18-20-51-39)47(60)55(8)44(29(3)4)46(59)53-41-24-31-22-33(25-34(58)23-31)32-16-17-42-37(26-32)38(45(56(42)11-2)36-14-12-19-52-43(36)30(5)63-9)27-50(6,7)28-64-49(62)40-15-13-21-57(54-40)48(41)61/h12,14,16-17,19,22-23,25-26,29-30,35,39-41,44,51,54,58H,10-11,13,15,18,20-21,24,27-28H2,1-9H3,(H,53,59)/t30-,35?,39?,40-,41?,44-/m0/s1. The lowest BCUT2D eigenvalue weighted by molar-refractivity contribution is -0.155. The number of nitrogens with one attached hydrogen (secondary N) is 3. The molecule has 7 rings (SSSR count). The first-order chi connectivity index (χ1) is 30.5. The van der Waals surface area contributed by atoms with Crippen LogP contribution in [0.5, 0.6) is 5.75 Å². The number of cyclic esters (lactones) is 1. The first-order valence-electron chi connectivity index (χ1n) is 23.1. The summed E-state index contributed by atoms with van der Waals surface area (Å²) in [5, 5.41) is 20.2. The molecule has 14 nitrogen and oxygen atoms in total. The molecule has 344 valence electrons. The molecule has 3 amide bonds. The van der Waals surface area contributed by atoms with E-state index >= 15 is 0 Å². The monoisotopic (exact) mass is 878 g/mol. The van der Waals surface area contributed by atoms with Gasteiger partial charge in [-0.05, 0) is 117 Å². The van der Waals surface area contributed by atoms with Crippen molar-refractivity contribution in [2.24, 2.45) is 17.3 Å². The van der Waals surface area contributed by atoms with Gasteiger partial charge in [0.2, 0.25) is 11.8 Å². The Morgan fingerprint density at radius 2 is 1.86 bits per heavy atom. The highest BCUT2D eigenvalue weighted by Gasteiger charge is 2.41. The van der Waals surface area contributed by atoms with Crippen LogP contribution >= 0.6 is 0 Å². The van der Waals surface area contributed by atoms with Crippen LogP contribution in [0, 0.1) is 17.3 Å². The van der Waals surface area contributed by atoms with Gasteiger partial charge in [-0.25, -0.2) is 5.43 Å². The highest BCUT2D eigenvalue weighted by Crippen LogP contribution is 2.42. The third-order valence-corrected chi connectivity index (χ3v) is 13.4. The molecule has 3 aliphatic heterocycles. The number of phenolic OH excluding ortho intramolecular Hbond substituents is 1. The fourth-order valence-corrected chi connectivity index (χ4v) is 10.1. The van der Waals surface area contributed by atoms with Crippen molar-refractivity contribution >= 4 is 34.6 Å². The maximum absolute atomic E-state index is 14.7. The fourth-order valence-electron chi connectivity index (χ4n) is 10.1. The average Bonchev–Trinajstić information content (AvgIpc) is 3.88. The minimum Gasteiger partial charge on any atom is -0.508 e. The second-order valence-electron chi connectivity index (χ2n) is 19.0. The number of pyridine rings is 1. The molecule has 5 heterocycles. The number of benzene rings is 2. The van der Waals surface area contributed by atoms with Crippen molar-refractivity contribution in [2.45, 2.75) is 124 Å². The number of hydrogen-bond donors (Lipinski definition) is 4. The molecule has 0 aliphatic carbocycles. The van der Waals surface area contributed by atoms with E-state index in [2.05, 4.69) is 59.6 Å². The van der Waals surface area contributed by atoms with Crippen LogP contribution in [0.15, 0.2) is 54.7 Å². The summed E-state index contributed by atoms with van der Waals surface area (Å²) >= 11 is 0. The molecule has 6 bridgehead atoms. The molecule has 3 aliphatic rings. The molecular formula is C50H67N7O7. The van der Waals surface area contributed by atoms with Crippen molar-refractivity contribution in [3.63, 3.8) is 0 Å². The number of carbonyl (C=O) groups is 4. The molecule has 4 N–H and O–H groups in total. The Kier molecular flexibility index (Phi) is 14.2. The summed E-state index contributed by atoms with van der Waals surface area (Å²) in [5.74, 6) is -1.95. The summed E-state index contributed by atoms with van der Waals surface area (Å²) in [6.45, 7) is 16.0. The molecule has 0 radical (unpaired) electrons. The number of methoxy groups -OCH3 is 1. The van der Waals surface area contributed by atoms with Crippen molar-refractivity contribution < 1.29 is 33.8 Å². The number of aryl methyl sites for hydroxylation is 1. The molecule has 2 aromatic heterocycles. The summed E-state index contributed by atoms with van der Waals surface area (Å²) in [7, 11) is 3.35. The second kappa shape index (κ2) is 19.4. The van der Waals surface area contributed by atoms with Crippen molar-refractivity contribution in [3.8, 4) is 28.1 Å². The number of fused-ring (bicyclic) bond motifs is 6. The van der Waals surface area contributed by atoms with Crippen LogP contribution in [0.25, 0.3) is 33.3 Å². The van der Waals surface area contributed by atoms with Crippen LogP contribution < -0.4 is 16.1 Å². The summed E-state index contributed by atoms with van der Waals surface area (Å²) in [4.78, 5) is 63.4. The Bertz CT molecular complexity index is 2380. The van der Waals surface area contributed by atoms with Crippen LogP contribution in [-0.2, 0) is 48.0 Å². The topological polar surface area (TPSA) is 167 Å². The van der Waals surface area contributed by atoms with E-state index < -0.39 is 41.3 Å². The number of rotatable bonds is 10. The molecule has 2 aromatic carbocycles. The molecule has 2 saturated heterocycles. The zero-order valence-corrected chi connectivity index (χ0v) is 39.0. The maximum Gasteiger partial charge on any atom is 0.324 e.